The highest BCUT2D eigenvalue weighted by Gasteiger charge is 2.21. The molecule has 0 fully saturated rings. The molecule has 1 aromatic carbocycles. The molecule has 0 atom stereocenters. The second-order valence-corrected chi connectivity index (χ2v) is 7.44. The van der Waals surface area contributed by atoms with Crippen molar-refractivity contribution in [1.82, 2.24) is 24.5 Å². The number of methoxy groups -OCH3 is 1. The van der Waals surface area contributed by atoms with Gasteiger partial charge in [0.2, 0.25) is 0 Å². The second-order valence-electron chi connectivity index (χ2n) is 6.44. The summed E-state index contributed by atoms with van der Waals surface area (Å²) in [5.74, 6) is 1.88. The molecule has 1 amide bonds. The van der Waals surface area contributed by atoms with Crippen LogP contribution in [0.4, 0.5) is 0 Å². The summed E-state index contributed by atoms with van der Waals surface area (Å²) in [7, 11) is 5.08. The number of ether oxygens (including phenoxy) is 2. The number of rotatable bonds is 5. The molecule has 3 aromatic heterocycles. The van der Waals surface area contributed by atoms with Crippen molar-refractivity contribution in [3.8, 4) is 11.5 Å². The third-order valence-corrected chi connectivity index (χ3v) is 5.51. The molecule has 0 spiro atoms. The standard InChI is InChI=1S/C19H19N5O3S/c1-11-15-17-21-14(9-27-13-7-5-6-12(8-13)26-4)22-24(17)10-20-18(15)28-16(11)19(25)23(2)3/h5-8,10H,9H2,1-4H3. The van der Waals surface area contributed by atoms with Crippen molar-refractivity contribution in [3.63, 3.8) is 0 Å². The molecule has 144 valence electrons. The summed E-state index contributed by atoms with van der Waals surface area (Å²) in [5, 5.41) is 5.29. The summed E-state index contributed by atoms with van der Waals surface area (Å²) in [4.78, 5) is 24.5. The van der Waals surface area contributed by atoms with Crippen LogP contribution in [-0.2, 0) is 6.61 Å². The van der Waals surface area contributed by atoms with Crippen molar-refractivity contribution >= 4 is 33.1 Å². The zero-order valence-corrected chi connectivity index (χ0v) is 16.8. The predicted octanol–water partition coefficient (Wildman–Crippen LogP) is 2.94. The smallest absolute Gasteiger partial charge is 0.263 e. The van der Waals surface area contributed by atoms with Crippen molar-refractivity contribution in [1.29, 1.82) is 0 Å². The van der Waals surface area contributed by atoms with Crippen LogP contribution in [0.2, 0.25) is 0 Å². The number of hydrogen-bond acceptors (Lipinski definition) is 7. The lowest BCUT2D eigenvalue weighted by atomic mass is 10.2. The fourth-order valence-corrected chi connectivity index (χ4v) is 4.05. The summed E-state index contributed by atoms with van der Waals surface area (Å²) in [6.07, 6.45) is 1.61. The fourth-order valence-electron chi connectivity index (χ4n) is 2.89. The van der Waals surface area contributed by atoms with Crippen LogP contribution in [0, 0.1) is 6.92 Å². The number of carbonyl (C=O) groups is 1. The maximum Gasteiger partial charge on any atom is 0.263 e. The van der Waals surface area contributed by atoms with Crippen molar-refractivity contribution < 1.29 is 14.3 Å². The molecule has 0 aliphatic heterocycles. The highest BCUT2D eigenvalue weighted by molar-refractivity contribution is 7.20. The van der Waals surface area contributed by atoms with E-state index in [0.29, 0.717) is 22.1 Å². The number of thiophene rings is 1. The average molecular weight is 397 g/mol. The lowest BCUT2D eigenvalue weighted by molar-refractivity contribution is 0.0831. The summed E-state index contributed by atoms with van der Waals surface area (Å²) < 4.78 is 12.6. The SMILES string of the molecule is COc1cccc(OCc2nc3c4c(C)c(C(=O)N(C)C)sc4ncn3n2)c1. The van der Waals surface area contributed by atoms with Gasteiger partial charge in [0.1, 0.15) is 29.3 Å². The van der Waals surface area contributed by atoms with Crippen LogP contribution in [-0.4, -0.2) is 51.6 Å². The monoisotopic (exact) mass is 397 g/mol. The number of aryl methyl sites for hydroxylation is 1. The van der Waals surface area contributed by atoms with Crippen LogP contribution in [0.1, 0.15) is 21.1 Å². The number of aromatic nitrogens is 4. The second kappa shape index (κ2) is 7.08. The first-order valence-corrected chi connectivity index (χ1v) is 9.41. The third kappa shape index (κ3) is 3.13. The van der Waals surface area contributed by atoms with E-state index in [-0.39, 0.29) is 12.5 Å². The molecule has 0 aliphatic rings. The Balaban J connectivity index is 1.68. The zero-order valence-electron chi connectivity index (χ0n) is 16.0. The zero-order chi connectivity index (χ0) is 19.8. The summed E-state index contributed by atoms with van der Waals surface area (Å²) in [6, 6.07) is 7.36. The largest absolute Gasteiger partial charge is 0.497 e. The van der Waals surface area contributed by atoms with Gasteiger partial charge < -0.3 is 14.4 Å². The molecule has 0 radical (unpaired) electrons. The van der Waals surface area contributed by atoms with Gasteiger partial charge in [-0.05, 0) is 24.6 Å². The van der Waals surface area contributed by atoms with E-state index < -0.39 is 0 Å². The van der Waals surface area contributed by atoms with Crippen molar-refractivity contribution in [2.24, 2.45) is 0 Å². The van der Waals surface area contributed by atoms with Crippen molar-refractivity contribution in [3.05, 3.63) is 46.9 Å². The number of nitrogens with zero attached hydrogens (tertiary/aromatic N) is 5. The van der Waals surface area contributed by atoms with E-state index in [1.807, 2.05) is 25.1 Å². The van der Waals surface area contributed by atoms with Crippen molar-refractivity contribution in [2.75, 3.05) is 21.2 Å². The molecule has 0 aliphatic carbocycles. The van der Waals surface area contributed by atoms with Crippen LogP contribution in [0.25, 0.3) is 15.9 Å². The van der Waals surface area contributed by atoms with Crippen LogP contribution >= 0.6 is 11.3 Å². The van der Waals surface area contributed by atoms with E-state index in [1.54, 1.807) is 43.0 Å². The van der Waals surface area contributed by atoms with Gasteiger partial charge >= 0.3 is 0 Å². The lowest BCUT2D eigenvalue weighted by Crippen LogP contribution is -2.21. The average Bonchev–Trinajstić information content (AvgIpc) is 3.26. The third-order valence-electron chi connectivity index (χ3n) is 4.32. The molecule has 0 saturated carbocycles. The number of amides is 1. The Labute approximate surface area is 165 Å². The number of fused-ring (bicyclic) bond motifs is 3. The minimum atomic E-state index is -0.0419. The Morgan fingerprint density at radius 2 is 2.07 bits per heavy atom. The first kappa shape index (κ1) is 18.2. The minimum Gasteiger partial charge on any atom is -0.497 e. The van der Waals surface area contributed by atoms with E-state index in [4.69, 9.17) is 9.47 Å². The first-order chi connectivity index (χ1) is 13.5. The maximum atomic E-state index is 12.4. The van der Waals surface area contributed by atoms with Gasteiger partial charge in [-0.2, -0.15) is 0 Å². The van der Waals surface area contributed by atoms with Gasteiger partial charge in [0.05, 0.1) is 17.4 Å². The van der Waals surface area contributed by atoms with Gasteiger partial charge in [-0.15, -0.1) is 16.4 Å². The highest BCUT2D eigenvalue weighted by atomic mass is 32.1. The molecule has 0 unspecified atom stereocenters. The molecule has 9 heteroatoms. The quantitative estimate of drug-likeness (QED) is 0.515. The molecule has 4 aromatic rings. The Bertz CT molecular complexity index is 1180. The highest BCUT2D eigenvalue weighted by Crippen LogP contribution is 2.32. The van der Waals surface area contributed by atoms with E-state index in [0.717, 1.165) is 21.5 Å². The number of hydrogen-bond donors (Lipinski definition) is 0. The number of carbonyl (C=O) groups excluding carboxylic acids is 1. The van der Waals surface area contributed by atoms with Gasteiger partial charge in [-0.1, -0.05) is 6.07 Å². The van der Waals surface area contributed by atoms with Gasteiger partial charge in [-0.25, -0.2) is 14.5 Å². The molecule has 8 nitrogen and oxygen atoms in total. The normalized spacial score (nSPS) is 11.1. The Morgan fingerprint density at radius 1 is 1.29 bits per heavy atom. The van der Waals surface area contributed by atoms with E-state index >= 15 is 0 Å². The Morgan fingerprint density at radius 3 is 2.82 bits per heavy atom. The van der Waals surface area contributed by atoms with Gasteiger partial charge in [0.15, 0.2) is 11.5 Å². The molecule has 0 saturated heterocycles. The summed E-state index contributed by atoms with van der Waals surface area (Å²) >= 11 is 1.37. The predicted molar refractivity (Wildman–Crippen MR) is 106 cm³/mol. The number of benzene rings is 1. The van der Waals surface area contributed by atoms with E-state index in [2.05, 4.69) is 15.1 Å². The molecule has 28 heavy (non-hydrogen) atoms. The Hall–Kier alpha value is -3.20. The lowest BCUT2D eigenvalue weighted by Gasteiger charge is -2.08. The molecule has 3 heterocycles. The van der Waals surface area contributed by atoms with E-state index in [1.165, 1.54) is 11.3 Å². The van der Waals surface area contributed by atoms with Gasteiger partial charge in [-0.3, -0.25) is 4.79 Å². The van der Waals surface area contributed by atoms with Crippen LogP contribution < -0.4 is 9.47 Å². The summed E-state index contributed by atoms with van der Waals surface area (Å²) in [6.45, 7) is 2.13. The van der Waals surface area contributed by atoms with E-state index in [9.17, 15) is 4.79 Å². The molecular weight excluding hydrogens is 378 g/mol. The van der Waals surface area contributed by atoms with Crippen LogP contribution in [0.15, 0.2) is 30.6 Å². The fraction of sp³-hybridized carbons (Fsp3) is 0.263. The molecule has 0 bridgehead atoms. The molecule has 4 rings (SSSR count). The minimum absolute atomic E-state index is 0.0419. The Kier molecular flexibility index (Phi) is 4.60. The maximum absolute atomic E-state index is 12.4. The van der Waals surface area contributed by atoms with Gasteiger partial charge in [0.25, 0.3) is 5.91 Å². The van der Waals surface area contributed by atoms with Crippen molar-refractivity contribution in [2.45, 2.75) is 13.5 Å². The topological polar surface area (TPSA) is 81.9 Å². The molecule has 0 N–H and O–H groups in total. The van der Waals surface area contributed by atoms with Crippen LogP contribution in [0.3, 0.4) is 0 Å². The first-order valence-electron chi connectivity index (χ1n) is 8.59. The summed E-state index contributed by atoms with van der Waals surface area (Å²) in [5.41, 5.74) is 1.53. The van der Waals surface area contributed by atoms with Gasteiger partial charge in [0, 0.05) is 20.2 Å². The van der Waals surface area contributed by atoms with Crippen LogP contribution in [0.5, 0.6) is 11.5 Å². The molecular formula is C19H19N5O3S.